The van der Waals surface area contributed by atoms with E-state index in [9.17, 15) is 31.7 Å². The summed E-state index contributed by atoms with van der Waals surface area (Å²) in [5.74, 6) is 0. The Hall–Kier alpha value is -2.37. The molecule has 1 fully saturated rings. The first-order valence-electron chi connectivity index (χ1n) is 8.36. The number of rotatable bonds is 4. The second kappa shape index (κ2) is 7.81. The van der Waals surface area contributed by atoms with Gasteiger partial charge in [0.25, 0.3) is 5.69 Å². The average molecular weight is 450 g/mol. The molecule has 0 aliphatic carbocycles. The minimum atomic E-state index is -4.69. The van der Waals surface area contributed by atoms with Crippen LogP contribution in [0.3, 0.4) is 0 Å². The Balaban J connectivity index is 1.77. The zero-order chi connectivity index (χ0) is 21.4. The number of sulfonamides is 1. The Morgan fingerprint density at radius 2 is 1.59 bits per heavy atom. The maximum absolute atomic E-state index is 12.9. The van der Waals surface area contributed by atoms with Crippen molar-refractivity contribution in [2.24, 2.45) is 0 Å². The summed E-state index contributed by atoms with van der Waals surface area (Å²) in [4.78, 5) is 11.5. The van der Waals surface area contributed by atoms with Gasteiger partial charge in [0.15, 0.2) is 0 Å². The van der Waals surface area contributed by atoms with Gasteiger partial charge in [-0.2, -0.15) is 17.5 Å². The van der Waals surface area contributed by atoms with Crippen molar-refractivity contribution < 1.29 is 26.5 Å². The van der Waals surface area contributed by atoms with Crippen molar-refractivity contribution in [2.75, 3.05) is 31.1 Å². The van der Waals surface area contributed by atoms with Gasteiger partial charge in [-0.25, -0.2) is 8.42 Å². The molecule has 12 heteroatoms. The van der Waals surface area contributed by atoms with Crippen LogP contribution in [-0.4, -0.2) is 43.8 Å². The minimum absolute atomic E-state index is 0.0336. The topological polar surface area (TPSA) is 83.8 Å². The molecular weight excluding hydrogens is 435 g/mol. The number of piperazine rings is 1. The summed E-state index contributed by atoms with van der Waals surface area (Å²) in [5, 5.41) is 10.4. The summed E-state index contributed by atoms with van der Waals surface area (Å²) in [6.07, 6.45) is -4.69. The molecule has 0 N–H and O–H groups in total. The van der Waals surface area contributed by atoms with Gasteiger partial charge in [0.05, 0.1) is 15.5 Å². The number of non-ortho nitro benzene ring substituents is 1. The molecule has 3 rings (SSSR count). The fourth-order valence-corrected chi connectivity index (χ4v) is 4.91. The van der Waals surface area contributed by atoms with Crippen molar-refractivity contribution in [1.82, 2.24) is 4.31 Å². The molecule has 7 nitrogen and oxygen atoms in total. The van der Waals surface area contributed by atoms with Gasteiger partial charge in [-0.05, 0) is 30.3 Å². The second-order valence-electron chi connectivity index (χ2n) is 6.31. The molecule has 2 aromatic carbocycles. The van der Waals surface area contributed by atoms with Gasteiger partial charge in [-0.15, -0.1) is 0 Å². The summed E-state index contributed by atoms with van der Waals surface area (Å²) < 4.78 is 65.6. The molecule has 0 saturated carbocycles. The zero-order valence-corrected chi connectivity index (χ0v) is 16.3. The van der Waals surface area contributed by atoms with E-state index >= 15 is 0 Å². The Kier molecular flexibility index (Phi) is 5.74. The van der Waals surface area contributed by atoms with Crippen LogP contribution in [0, 0.1) is 10.1 Å². The van der Waals surface area contributed by atoms with Crippen LogP contribution in [0.2, 0.25) is 5.02 Å². The van der Waals surface area contributed by atoms with E-state index in [2.05, 4.69) is 0 Å². The molecule has 156 valence electrons. The SMILES string of the molecule is O=[N+]([O-])c1ccc(N2CCN(S(=O)(=O)c3cc(C(F)(F)F)ccc3Cl)CC2)cc1. The molecule has 0 spiro atoms. The lowest BCUT2D eigenvalue weighted by atomic mass is 10.2. The highest BCUT2D eigenvalue weighted by molar-refractivity contribution is 7.89. The third-order valence-corrected chi connectivity index (χ3v) is 6.92. The Labute approximate surface area is 169 Å². The summed E-state index contributed by atoms with van der Waals surface area (Å²) >= 11 is 5.88. The van der Waals surface area contributed by atoms with E-state index < -0.39 is 31.6 Å². The molecule has 0 radical (unpaired) electrons. The third kappa shape index (κ3) is 4.46. The fraction of sp³-hybridized carbons (Fsp3) is 0.294. The smallest absolute Gasteiger partial charge is 0.369 e. The number of benzene rings is 2. The van der Waals surface area contributed by atoms with E-state index in [1.165, 1.54) is 12.1 Å². The van der Waals surface area contributed by atoms with Crippen LogP contribution in [0.1, 0.15) is 5.56 Å². The van der Waals surface area contributed by atoms with Crippen LogP contribution in [-0.2, 0) is 16.2 Å². The molecule has 1 heterocycles. The molecule has 0 bridgehead atoms. The lowest BCUT2D eigenvalue weighted by Gasteiger charge is -2.35. The van der Waals surface area contributed by atoms with Gasteiger partial charge in [-0.3, -0.25) is 10.1 Å². The number of hydrogen-bond donors (Lipinski definition) is 0. The van der Waals surface area contributed by atoms with Crippen molar-refractivity contribution in [3.8, 4) is 0 Å². The number of nitrogens with zero attached hydrogens (tertiary/aromatic N) is 3. The van der Waals surface area contributed by atoms with Crippen LogP contribution in [0.15, 0.2) is 47.4 Å². The Morgan fingerprint density at radius 3 is 2.10 bits per heavy atom. The van der Waals surface area contributed by atoms with E-state index in [-0.39, 0.29) is 36.9 Å². The first kappa shape index (κ1) is 21.3. The molecule has 0 unspecified atom stereocenters. The van der Waals surface area contributed by atoms with Crippen molar-refractivity contribution in [1.29, 1.82) is 0 Å². The quantitative estimate of drug-likeness (QED) is 0.524. The second-order valence-corrected chi connectivity index (χ2v) is 8.62. The van der Waals surface area contributed by atoms with Gasteiger partial charge in [0.1, 0.15) is 4.90 Å². The van der Waals surface area contributed by atoms with Crippen molar-refractivity contribution in [3.05, 3.63) is 63.2 Å². The number of nitro benzene ring substituents is 1. The zero-order valence-electron chi connectivity index (χ0n) is 14.8. The van der Waals surface area contributed by atoms with Gasteiger partial charge >= 0.3 is 6.18 Å². The standard InChI is InChI=1S/C17H15ClF3N3O4S/c18-15-6-1-12(17(19,20)21)11-16(15)29(27,28)23-9-7-22(8-10-23)13-2-4-14(5-3-13)24(25)26/h1-6,11H,7-10H2. The van der Waals surface area contributed by atoms with Crippen LogP contribution < -0.4 is 4.90 Å². The van der Waals surface area contributed by atoms with Crippen LogP contribution in [0.4, 0.5) is 24.5 Å². The van der Waals surface area contributed by atoms with Crippen molar-refractivity contribution in [3.63, 3.8) is 0 Å². The lowest BCUT2D eigenvalue weighted by molar-refractivity contribution is -0.384. The number of halogens is 4. The van der Waals surface area contributed by atoms with E-state index in [1.54, 1.807) is 12.1 Å². The lowest BCUT2D eigenvalue weighted by Crippen LogP contribution is -2.48. The van der Waals surface area contributed by atoms with Crippen LogP contribution in [0.25, 0.3) is 0 Å². The third-order valence-electron chi connectivity index (χ3n) is 4.54. The molecule has 0 atom stereocenters. The van der Waals surface area contributed by atoms with E-state index in [0.29, 0.717) is 11.8 Å². The average Bonchev–Trinajstić information content (AvgIpc) is 2.67. The van der Waals surface area contributed by atoms with Gasteiger partial charge in [0.2, 0.25) is 10.0 Å². The van der Waals surface area contributed by atoms with Crippen LogP contribution >= 0.6 is 11.6 Å². The van der Waals surface area contributed by atoms with Gasteiger partial charge in [0, 0.05) is 44.0 Å². The molecule has 29 heavy (non-hydrogen) atoms. The first-order chi connectivity index (χ1) is 13.5. The van der Waals surface area contributed by atoms with Gasteiger partial charge < -0.3 is 4.90 Å². The first-order valence-corrected chi connectivity index (χ1v) is 10.2. The van der Waals surface area contributed by atoms with Crippen molar-refractivity contribution in [2.45, 2.75) is 11.1 Å². The fourth-order valence-electron chi connectivity index (χ4n) is 2.99. The molecule has 1 aliphatic rings. The molecule has 1 saturated heterocycles. The number of alkyl halides is 3. The van der Waals surface area contributed by atoms with Crippen LogP contribution in [0.5, 0.6) is 0 Å². The predicted molar refractivity (Wildman–Crippen MR) is 101 cm³/mol. The molecular formula is C17H15ClF3N3O4S. The van der Waals surface area contributed by atoms with Gasteiger partial charge in [-0.1, -0.05) is 11.6 Å². The highest BCUT2D eigenvalue weighted by Gasteiger charge is 2.35. The Morgan fingerprint density at radius 1 is 1.00 bits per heavy atom. The number of anilines is 1. The summed E-state index contributed by atoms with van der Waals surface area (Å²) in [6.45, 7) is 0.610. The van der Waals surface area contributed by atoms with Crippen molar-refractivity contribution >= 4 is 33.0 Å². The number of hydrogen-bond acceptors (Lipinski definition) is 5. The highest BCUT2D eigenvalue weighted by atomic mass is 35.5. The molecule has 0 amide bonds. The summed E-state index contributed by atoms with van der Waals surface area (Å²) in [5.41, 5.74) is -0.469. The monoisotopic (exact) mass is 449 g/mol. The largest absolute Gasteiger partial charge is 0.416 e. The normalized spacial score (nSPS) is 16.1. The molecule has 1 aliphatic heterocycles. The molecule has 2 aromatic rings. The maximum Gasteiger partial charge on any atom is 0.416 e. The Bertz CT molecular complexity index is 1020. The van der Waals surface area contributed by atoms with E-state index in [1.807, 2.05) is 4.90 Å². The van der Waals surface area contributed by atoms with E-state index in [4.69, 9.17) is 11.6 Å². The van der Waals surface area contributed by atoms with E-state index in [0.717, 1.165) is 16.4 Å². The number of nitro groups is 1. The highest BCUT2D eigenvalue weighted by Crippen LogP contribution is 2.34. The predicted octanol–water partition coefficient (Wildman–Crippen LogP) is 3.78. The molecule has 0 aromatic heterocycles. The maximum atomic E-state index is 12.9. The summed E-state index contributed by atoms with van der Waals surface area (Å²) in [6, 6.07) is 8.01. The minimum Gasteiger partial charge on any atom is -0.369 e. The summed E-state index contributed by atoms with van der Waals surface area (Å²) in [7, 11) is -4.21.